The van der Waals surface area contributed by atoms with Gasteiger partial charge in [-0.25, -0.2) is 4.79 Å². The number of carbonyl (C=O) groups is 2. The van der Waals surface area contributed by atoms with Gasteiger partial charge in [0.1, 0.15) is 5.75 Å². The molecule has 0 fully saturated rings. The van der Waals surface area contributed by atoms with Gasteiger partial charge in [-0.15, -0.1) is 0 Å². The van der Waals surface area contributed by atoms with Crippen LogP contribution in [-0.4, -0.2) is 38.7 Å². The van der Waals surface area contributed by atoms with Crippen molar-refractivity contribution in [3.05, 3.63) is 53.6 Å². The molecule has 0 bridgehead atoms. The summed E-state index contributed by atoms with van der Waals surface area (Å²) in [6.07, 6.45) is -0.923. The summed E-state index contributed by atoms with van der Waals surface area (Å²) in [5, 5.41) is 0. The van der Waals surface area contributed by atoms with Gasteiger partial charge in [-0.3, -0.25) is 4.79 Å². The molecule has 138 valence electrons. The highest BCUT2D eigenvalue weighted by Crippen LogP contribution is 2.28. The largest absolute Gasteiger partial charge is 0.497 e. The molecule has 0 aliphatic carbocycles. The van der Waals surface area contributed by atoms with E-state index in [4.69, 9.17) is 18.9 Å². The maximum atomic E-state index is 12.4. The normalized spacial score (nSPS) is 11.4. The molecule has 0 saturated heterocycles. The van der Waals surface area contributed by atoms with E-state index in [0.29, 0.717) is 29.4 Å². The lowest BCUT2D eigenvalue weighted by Crippen LogP contribution is -2.24. The van der Waals surface area contributed by atoms with Gasteiger partial charge >= 0.3 is 5.97 Å². The van der Waals surface area contributed by atoms with Crippen molar-refractivity contribution in [1.29, 1.82) is 0 Å². The Kier molecular flexibility index (Phi) is 6.60. The quantitative estimate of drug-likeness (QED) is 0.531. The summed E-state index contributed by atoms with van der Waals surface area (Å²) in [6.45, 7) is 3.80. The second kappa shape index (κ2) is 8.89. The number of rotatable bonds is 8. The van der Waals surface area contributed by atoms with Crippen molar-refractivity contribution in [1.82, 2.24) is 0 Å². The van der Waals surface area contributed by atoms with Crippen LogP contribution in [0.4, 0.5) is 0 Å². The summed E-state index contributed by atoms with van der Waals surface area (Å²) in [5.41, 5.74) is 0.722. The number of ether oxygens (including phenoxy) is 4. The Balaban J connectivity index is 2.10. The second-order valence-corrected chi connectivity index (χ2v) is 5.44. The first-order valence-electron chi connectivity index (χ1n) is 8.20. The van der Waals surface area contributed by atoms with Gasteiger partial charge in [0, 0.05) is 5.56 Å². The van der Waals surface area contributed by atoms with Crippen molar-refractivity contribution in [2.24, 2.45) is 0 Å². The van der Waals surface area contributed by atoms with E-state index in [1.807, 2.05) is 6.92 Å². The van der Waals surface area contributed by atoms with Crippen molar-refractivity contribution >= 4 is 11.8 Å². The minimum atomic E-state index is -0.923. The van der Waals surface area contributed by atoms with Crippen molar-refractivity contribution in [3.63, 3.8) is 0 Å². The van der Waals surface area contributed by atoms with Crippen LogP contribution in [0.3, 0.4) is 0 Å². The number of methoxy groups -OCH3 is 2. The molecule has 2 rings (SSSR count). The molecule has 2 aromatic rings. The highest BCUT2D eigenvalue weighted by atomic mass is 16.5. The molecule has 6 heteroatoms. The standard InChI is InChI=1S/C20H22O6/c1-5-25-18-12-15(8-11-17(18)24-4)20(22)26-13(2)19(21)14-6-9-16(23-3)10-7-14/h6-13H,5H2,1-4H3/t13-/m0/s1. The van der Waals surface area contributed by atoms with Crippen LogP contribution in [0.2, 0.25) is 0 Å². The minimum absolute atomic E-state index is 0.281. The monoisotopic (exact) mass is 358 g/mol. The van der Waals surface area contributed by atoms with Gasteiger partial charge < -0.3 is 18.9 Å². The summed E-state index contributed by atoms with van der Waals surface area (Å²) in [6, 6.07) is 11.3. The third kappa shape index (κ3) is 4.53. The van der Waals surface area contributed by atoms with Crippen LogP contribution < -0.4 is 14.2 Å². The van der Waals surface area contributed by atoms with Crippen LogP contribution >= 0.6 is 0 Å². The van der Waals surface area contributed by atoms with E-state index in [-0.39, 0.29) is 11.3 Å². The third-order valence-corrected chi connectivity index (χ3v) is 3.73. The topological polar surface area (TPSA) is 71.1 Å². The Morgan fingerprint density at radius 2 is 1.58 bits per heavy atom. The predicted octanol–water partition coefficient (Wildman–Crippen LogP) is 3.53. The third-order valence-electron chi connectivity index (χ3n) is 3.73. The van der Waals surface area contributed by atoms with Gasteiger partial charge in [-0.2, -0.15) is 0 Å². The summed E-state index contributed by atoms with van der Waals surface area (Å²) >= 11 is 0. The number of hydrogen-bond acceptors (Lipinski definition) is 6. The average molecular weight is 358 g/mol. The van der Waals surface area contributed by atoms with Gasteiger partial charge in [0.05, 0.1) is 26.4 Å². The van der Waals surface area contributed by atoms with E-state index >= 15 is 0 Å². The zero-order valence-corrected chi connectivity index (χ0v) is 15.3. The first-order chi connectivity index (χ1) is 12.5. The molecule has 2 aromatic carbocycles. The molecule has 0 amide bonds. The molecule has 0 aliphatic rings. The number of esters is 1. The van der Waals surface area contributed by atoms with E-state index in [1.165, 1.54) is 20.1 Å². The van der Waals surface area contributed by atoms with E-state index < -0.39 is 12.1 Å². The zero-order chi connectivity index (χ0) is 19.1. The molecule has 0 unspecified atom stereocenters. The molecule has 0 radical (unpaired) electrons. The van der Waals surface area contributed by atoms with Crippen molar-refractivity contribution in [2.75, 3.05) is 20.8 Å². The Morgan fingerprint density at radius 1 is 0.923 bits per heavy atom. The molecule has 0 aromatic heterocycles. The molecule has 26 heavy (non-hydrogen) atoms. The van der Waals surface area contributed by atoms with E-state index in [2.05, 4.69) is 0 Å². The molecular weight excluding hydrogens is 336 g/mol. The zero-order valence-electron chi connectivity index (χ0n) is 15.3. The van der Waals surface area contributed by atoms with Gasteiger partial charge in [0.25, 0.3) is 0 Å². The molecule has 0 N–H and O–H groups in total. The first-order valence-corrected chi connectivity index (χ1v) is 8.20. The fourth-order valence-corrected chi connectivity index (χ4v) is 2.34. The number of benzene rings is 2. The van der Waals surface area contributed by atoms with E-state index in [0.717, 1.165) is 0 Å². The molecule has 1 atom stereocenters. The van der Waals surface area contributed by atoms with Crippen LogP contribution in [-0.2, 0) is 4.74 Å². The van der Waals surface area contributed by atoms with Gasteiger partial charge in [-0.05, 0) is 56.3 Å². The molecular formula is C20H22O6. The van der Waals surface area contributed by atoms with Crippen LogP contribution in [0, 0.1) is 0 Å². The van der Waals surface area contributed by atoms with Gasteiger partial charge in [-0.1, -0.05) is 0 Å². The summed E-state index contributed by atoms with van der Waals surface area (Å²) in [4.78, 5) is 24.8. The fourth-order valence-electron chi connectivity index (χ4n) is 2.34. The Bertz CT molecular complexity index is 766. The van der Waals surface area contributed by atoms with E-state index in [1.54, 1.807) is 43.5 Å². The maximum Gasteiger partial charge on any atom is 0.338 e. The lowest BCUT2D eigenvalue weighted by atomic mass is 10.1. The average Bonchev–Trinajstić information content (AvgIpc) is 2.67. The molecule has 0 spiro atoms. The molecule has 0 saturated carbocycles. The van der Waals surface area contributed by atoms with Gasteiger partial charge in [0.2, 0.25) is 5.78 Å². The smallest absolute Gasteiger partial charge is 0.338 e. The Labute approximate surface area is 152 Å². The lowest BCUT2D eigenvalue weighted by Gasteiger charge is -2.14. The van der Waals surface area contributed by atoms with Crippen LogP contribution in [0.15, 0.2) is 42.5 Å². The minimum Gasteiger partial charge on any atom is -0.497 e. The summed E-state index contributed by atoms with van der Waals surface area (Å²) in [7, 11) is 3.07. The maximum absolute atomic E-state index is 12.4. The molecule has 6 nitrogen and oxygen atoms in total. The van der Waals surface area contributed by atoms with E-state index in [9.17, 15) is 9.59 Å². The Morgan fingerprint density at radius 3 is 2.15 bits per heavy atom. The highest BCUT2D eigenvalue weighted by Gasteiger charge is 2.21. The SMILES string of the molecule is CCOc1cc(C(=O)O[C@@H](C)C(=O)c2ccc(OC)cc2)ccc1OC. The number of ketones is 1. The second-order valence-electron chi connectivity index (χ2n) is 5.44. The van der Waals surface area contributed by atoms with Crippen molar-refractivity contribution < 1.29 is 28.5 Å². The van der Waals surface area contributed by atoms with Crippen LogP contribution in [0.1, 0.15) is 34.6 Å². The highest BCUT2D eigenvalue weighted by molar-refractivity contribution is 6.01. The predicted molar refractivity (Wildman–Crippen MR) is 96.4 cm³/mol. The van der Waals surface area contributed by atoms with Crippen LogP contribution in [0.25, 0.3) is 0 Å². The van der Waals surface area contributed by atoms with Crippen molar-refractivity contribution in [3.8, 4) is 17.2 Å². The molecule has 0 aliphatic heterocycles. The Hall–Kier alpha value is -3.02. The van der Waals surface area contributed by atoms with Gasteiger partial charge in [0.15, 0.2) is 17.6 Å². The summed E-state index contributed by atoms with van der Waals surface area (Å²) in [5.74, 6) is 0.708. The summed E-state index contributed by atoms with van der Waals surface area (Å²) < 4.78 is 21.0. The number of carbonyl (C=O) groups excluding carboxylic acids is 2. The first kappa shape index (κ1) is 19.3. The number of Topliss-reactive ketones (excluding diaryl/α,β-unsaturated/α-hetero) is 1. The number of hydrogen-bond donors (Lipinski definition) is 0. The molecule has 0 heterocycles. The lowest BCUT2D eigenvalue weighted by molar-refractivity contribution is 0.0318. The van der Waals surface area contributed by atoms with Crippen LogP contribution in [0.5, 0.6) is 17.2 Å². The van der Waals surface area contributed by atoms with Crippen molar-refractivity contribution in [2.45, 2.75) is 20.0 Å². The fraction of sp³-hybridized carbons (Fsp3) is 0.300.